The minimum atomic E-state index is -0.344. The van der Waals surface area contributed by atoms with Crippen LogP contribution in [0.2, 0.25) is 0 Å². The third-order valence-electron chi connectivity index (χ3n) is 4.22. The van der Waals surface area contributed by atoms with Crippen molar-refractivity contribution in [3.8, 4) is 11.3 Å². The lowest BCUT2D eigenvalue weighted by molar-refractivity contribution is 0.627. The van der Waals surface area contributed by atoms with Crippen LogP contribution in [0.1, 0.15) is 18.5 Å². The Morgan fingerprint density at radius 2 is 1.92 bits per heavy atom. The van der Waals surface area contributed by atoms with E-state index in [2.05, 4.69) is 15.0 Å². The molecule has 1 atom stereocenters. The summed E-state index contributed by atoms with van der Waals surface area (Å²) in [6, 6.07) is 15.6. The van der Waals surface area contributed by atoms with Crippen molar-refractivity contribution in [2.45, 2.75) is 13.0 Å². The van der Waals surface area contributed by atoms with E-state index in [4.69, 9.17) is 0 Å². The highest BCUT2D eigenvalue weighted by Crippen LogP contribution is 2.22. The fourth-order valence-corrected chi connectivity index (χ4v) is 2.92. The van der Waals surface area contributed by atoms with Crippen molar-refractivity contribution in [1.29, 1.82) is 0 Å². The minimum absolute atomic E-state index is 0.209. The summed E-state index contributed by atoms with van der Waals surface area (Å²) in [4.78, 5) is 24.0. The highest BCUT2D eigenvalue weighted by Gasteiger charge is 2.17. The second-order valence-corrected chi connectivity index (χ2v) is 5.82. The zero-order valence-electron chi connectivity index (χ0n) is 13.5. The average molecular weight is 334 g/mol. The Morgan fingerprint density at radius 1 is 1.12 bits per heavy atom. The topological polar surface area (TPSA) is 63.6 Å². The van der Waals surface area contributed by atoms with Gasteiger partial charge in [-0.05, 0) is 24.6 Å². The van der Waals surface area contributed by atoms with E-state index in [9.17, 15) is 9.18 Å². The number of rotatable bonds is 3. The number of aromatic nitrogens is 4. The molecule has 1 unspecified atom stereocenters. The molecule has 0 fully saturated rings. The maximum atomic E-state index is 13.5. The number of H-pyrrole nitrogens is 1. The van der Waals surface area contributed by atoms with Crippen LogP contribution in [0.4, 0.5) is 4.39 Å². The summed E-state index contributed by atoms with van der Waals surface area (Å²) < 4.78 is 15.1. The van der Waals surface area contributed by atoms with Crippen molar-refractivity contribution in [3.05, 3.63) is 82.7 Å². The number of aromatic amines is 1. The molecule has 1 N–H and O–H groups in total. The second-order valence-electron chi connectivity index (χ2n) is 5.82. The maximum absolute atomic E-state index is 13.5. The van der Waals surface area contributed by atoms with Crippen LogP contribution in [0, 0.1) is 5.82 Å². The van der Waals surface area contributed by atoms with Gasteiger partial charge in [0.05, 0.1) is 17.9 Å². The van der Waals surface area contributed by atoms with Crippen LogP contribution in [-0.4, -0.2) is 19.5 Å². The third kappa shape index (κ3) is 2.71. The molecule has 4 rings (SSSR count). The largest absolute Gasteiger partial charge is 0.329 e. The molecule has 0 aliphatic heterocycles. The van der Waals surface area contributed by atoms with Gasteiger partial charge in [0.2, 0.25) is 0 Å². The standard InChI is InChI=1S/C19H15FN4O/c1-12(13-6-3-2-4-7-13)24-18-17(23-19(24)25)21-11-16(22-18)14-8-5-9-15(20)10-14/h2-12H,1H3,(H,21,23,25). The predicted octanol–water partition coefficient (Wildman–Crippen LogP) is 3.54. The van der Waals surface area contributed by atoms with E-state index in [1.807, 2.05) is 37.3 Å². The first-order chi connectivity index (χ1) is 12.1. The van der Waals surface area contributed by atoms with Crippen LogP contribution >= 0.6 is 0 Å². The molecule has 0 saturated carbocycles. The molecular weight excluding hydrogens is 319 g/mol. The van der Waals surface area contributed by atoms with Crippen molar-refractivity contribution < 1.29 is 4.39 Å². The lowest BCUT2D eigenvalue weighted by Gasteiger charge is -2.13. The SMILES string of the molecule is CC(c1ccccc1)n1c(=O)[nH]c2ncc(-c3cccc(F)c3)nc21. The quantitative estimate of drug-likeness (QED) is 0.623. The van der Waals surface area contributed by atoms with Gasteiger partial charge in [0.25, 0.3) is 0 Å². The molecule has 4 aromatic rings. The molecule has 2 aromatic heterocycles. The fourth-order valence-electron chi connectivity index (χ4n) is 2.92. The molecule has 6 heteroatoms. The Hall–Kier alpha value is -3.28. The van der Waals surface area contributed by atoms with Crippen molar-refractivity contribution >= 4 is 11.3 Å². The van der Waals surface area contributed by atoms with Crippen molar-refractivity contribution in [1.82, 2.24) is 19.5 Å². The van der Waals surface area contributed by atoms with Gasteiger partial charge in [0, 0.05) is 5.56 Å². The maximum Gasteiger partial charge on any atom is 0.329 e. The number of imidazole rings is 1. The first-order valence-corrected chi connectivity index (χ1v) is 7.91. The number of hydrogen-bond donors (Lipinski definition) is 1. The summed E-state index contributed by atoms with van der Waals surface area (Å²) in [6.07, 6.45) is 1.53. The van der Waals surface area contributed by atoms with Crippen LogP contribution in [0.3, 0.4) is 0 Å². The summed E-state index contributed by atoms with van der Waals surface area (Å²) in [6.45, 7) is 1.93. The molecule has 124 valence electrons. The molecule has 0 amide bonds. The molecular formula is C19H15FN4O. The lowest BCUT2D eigenvalue weighted by Crippen LogP contribution is -2.21. The van der Waals surface area contributed by atoms with Gasteiger partial charge in [0.15, 0.2) is 11.3 Å². The number of hydrogen-bond acceptors (Lipinski definition) is 3. The number of nitrogens with one attached hydrogen (secondary N) is 1. The van der Waals surface area contributed by atoms with Gasteiger partial charge >= 0.3 is 5.69 Å². The summed E-state index contributed by atoms with van der Waals surface area (Å²) in [5, 5.41) is 0. The fraction of sp³-hybridized carbons (Fsp3) is 0.105. The highest BCUT2D eigenvalue weighted by atomic mass is 19.1. The lowest BCUT2D eigenvalue weighted by atomic mass is 10.1. The summed E-state index contributed by atoms with van der Waals surface area (Å²) in [5.41, 5.74) is 2.70. The van der Waals surface area contributed by atoms with Gasteiger partial charge in [-0.1, -0.05) is 42.5 Å². The molecule has 0 radical (unpaired) electrons. The van der Waals surface area contributed by atoms with Gasteiger partial charge in [-0.3, -0.25) is 9.55 Å². The first kappa shape index (κ1) is 15.3. The molecule has 0 aliphatic rings. The van der Waals surface area contributed by atoms with Gasteiger partial charge in [-0.15, -0.1) is 0 Å². The minimum Gasteiger partial charge on any atom is -0.289 e. The molecule has 0 spiro atoms. The van der Waals surface area contributed by atoms with E-state index >= 15 is 0 Å². The van der Waals surface area contributed by atoms with E-state index in [0.29, 0.717) is 22.6 Å². The van der Waals surface area contributed by atoms with E-state index in [-0.39, 0.29) is 17.5 Å². The Bertz CT molecular complexity index is 1100. The molecule has 0 saturated heterocycles. The number of halogens is 1. The van der Waals surface area contributed by atoms with Gasteiger partial charge < -0.3 is 0 Å². The molecule has 5 nitrogen and oxygen atoms in total. The van der Waals surface area contributed by atoms with Gasteiger partial charge in [0.1, 0.15) is 5.82 Å². The normalized spacial score (nSPS) is 12.4. The van der Waals surface area contributed by atoms with E-state index in [0.717, 1.165) is 5.56 Å². The Labute approximate surface area is 142 Å². The highest BCUT2D eigenvalue weighted by molar-refractivity contribution is 5.71. The average Bonchev–Trinajstić information content (AvgIpc) is 2.96. The van der Waals surface area contributed by atoms with Gasteiger partial charge in [-0.25, -0.2) is 19.2 Å². The monoisotopic (exact) mass is 334 g/mol. The van der Waals surface area contributed by atoms with Crippen molar-refractivity contribution in [3.63, 3.8) is 0 Å². The van der Waals surface area contributed by atoms with Crippen molar-refractivity contribution in [2.24, 2.45) is 0 Å². The zero-order chi connectivity index (χ0) is 17.4. The van der Waals surface area contributed by atoms with E-state index < -0.39 is 0 Å². The first-order valence-electron chi connectivity index (χ1n) is 7.91. The van der Waals surface area contributed by atoms with E-state index in [1.165, 1.54) is 18.3 Å². The Balaban J connectivity index is 1.89. The van der Waals surface area contributed by atoms with Crippen LogP contribution in [-0.2, 0) is 0 Å². The molecule has 25 heavy (non-hydrogen) atoms. The second kappa shape index (κ2) is 5.98. The van der Waals surface area contributed by atoms with Gasteiger partial charge in [-0.2, -0.15) is 0 Å². The summed E-state index contributed by atoms with van der Waals surface area (Å²) in [5.74, 6) is -0.344. The number of fused-ring (bicyclic) bond motifs is 1. The molecule has 0 bridgehead atoms. The van der Waals surface area contributed by atoms with Crippen molar-refractivity contribution in [2.75, 3.05) is 0 Å². The zero-order valence-corrected chi connectivity index (χ0v) is 13.5. The van der Waals surface area contributed by atoms with Crippen LogP contribution in [0.15, 0.2) is 65.6 Å². The Kier molecular flexibility index (Phi) is 3.65. The smallest absolute Gasteiger partial charge is 0.289 e. The van der Waals surface area contributed by atoms with Crippen LogP contribution < -0.4 is 5.69 Å². The molecule has 2 heterocycles. The van der Waals surface area contributed by atoms with E-state index in [1.54, 1.807) is 16.7 Å². The molecule has 2 aromatic carbocycles. The third-order valence-corrected chi connectivity index (χ3v) is 4.22. The summed E-state index contributed by atoms with van der Waals surface area (Å²) in [7, 11) is 0. The predicted molar refractivity (Wildman–Crippen MR) is 93.8 cm³/mol. The Morgan fingerprint density at radius 3 is 2.68 bits per heavy atom. The summed E-state index contributed by atoms with van der Waals surface area (Å²) >= 11 is 0. The number of nitrogens with zero attached hydrogens (tertiary/aromatic N) is 3. The van der Waals surface area contributed by atoms with Crippen LogP contribution in [0.25, 0.3) is 22.6 Å². The molecule has 0 aliphatic carbocycles. The van der Waals surface area contributed by atoms with Crippen LogP contribution in [0.5, 0.6) is 0 Å². The number of benzene rings is 2.